The molecular formula is C18H42Sn2. The third-order valence-electron chi connectivity index (χ3n) is 4.00. The van der Waals surface area contributed by atoms with Crippen LogP contribution in [0.1, 0.15) is 83.1 Å². The van der Waals surface area contributed by atoms with Gasteiger partial charge in [-0.15, -0.1) is 0 Å². The summed E-state index contributed by atoms with van der Waals surface area (Å²) in [5.74, 6) is 0. The molecule has 20 heavy (non-hydrogen) atoms. The van der Waals surface area contributed by atoms with Crippen LogP contribution in [-0.4, -0.2) is 39.5 Å². The summed E-state index contributed by atoms with van der Waals surface area (Å²) < 4.78 is 6.18. The van der Waals surface area contributed by atoms with Gasteiger partial charge in [0.15, 0.2) is 0 Å². The molecule has 0 unspecified atom stereocenters. The van der Waals surface area contributed by atoms with Crippen molar-refractivity contribution in [2.24, 2.45) is 0 Å². The fourth-order valence-corrected chi connectivity index (χ4v) is 26.8. The van der Waals surface area contributed by atoms with E-state index in [1.165, 1.54) is 0 Å². The van der Waals surface area contributed by atoms with Gasteiger partial charge in [0.25, 0.3) is 0 Å². The molecule has 0 N–H and O–H groups in total. The third-order valence-corrected chi connectivity index (χ3v) is 26.8. The first-order valence-electron chi connectivity index (χ1n) is 8.66. The molecule has 2 radical (unpaired) electrons. The van der Waals surface area contributed by atoms with Crippen LogP contribution in [-0.2, 0) is 0 Å². The zero-order chi connectivity index (χ0) is 16.6. The Balaban J connectivity index is 0. The number of rotatable bonds is 6. The van der Waals surface area contributed by atoms with E-state index in [1.807, 2.05) is 0 Å². The predicted octanol–water partition coefficient (Wildman–Crippen LogP) is 7.42. The van der Waals surface area contributed by atoms with E-state index in [-0.39, 0.29) is 0 Å². The van der Waals surface area contributed by atoms with Gasteiger partial charge in [0, 0.05) is 0 Å². The molecule has 0 amide bonds. The summed E-state index contributed by atoms with van der Waals surface area (Å²) in [6, 6.07) is 0. The summed E-state index contributed by atoms with van der Waals surface area (Å²) >= 11 is -2.02. The van der Waals surface area contributed by atoms with Crippen molar-refractivity contribution in [1.82, 2.24) is 0 Å². The van der Waals surface area contributed by atoms with Crippen LogP contribution in [0.25, 0.3) is 0 Å². The molecule has 0 atom stereocenters. The molecule has 0 aliphatic carbocycles. The van der Waals surface area contributed by atoms with Gasteiger partial charge in [-0.2, -0.15) is 0 Å². The Labute approximate surface area is 145 Å². The minimum atomic E-state index is -1.01. The molecule has 0 fully saturated rings. The first-order chi connectivity index (χ1) is 8.93. The third kappa shape index (κ3) is 10.3. The average molecular weight is 496 g/mol. The molecule has 0 aromatic carbocycles. The van der Waals surface area contributed by atoms with Crippen molar-refractivity contribution >= 4 is 39.5 Å². The molecule has 0 bridgehead atoms. The molecule has 0 aliphatic rings. The molecule has 0 saturated heterocycles. The van der Waals surface area contributed by atoms with E-state index in [9.17, 15) is 0 Å². The monoisotopic (exact) mass is 498 g/mol. The zero-order valence-corrected chi connectivity index (χ0v) is 22.2. The maximum absolute atomic E-state index is 2.41. The standard InChI is InChI=1S/6C3H7.2Sn/c6*1-3-2;;/h6*3H,1-2H3;;. The van der Waals surface area contributed by atoms with Crippen LogP contribution in [0, 0.1) is 0 Å². The summed E-state index contributed by atoms with van der Waals surface area (Å²) in [5.41, 5.74) is 0. The van der Waals surface area contributed by atoms with Gasteiger partial charge in [0.1, 0.15) is 0 Å². The van der Waals surface area contributed by atoms with E-state index < -0.39 is 39.5 Å². The fourth-order valence-electron chi connectivity index (χ4n) is 4.00. The van der Waals surface area contributed by atoms with E-state index in [2.05, 4.69) is 83.1 Å². The number of hydrogen-bond acceptors (Lipinski definition) is 0. The van der Waals surface area contributed by atoms with Gasteiger partial charge in [-0.1, -0.05) is 0 Å². The molecule has 0 heterocycles. The summed E-state index contributed by atoms with van der Waals surface area (Å²) in [6.07, 6.45) is 0. The summed E-state index contributed by atoms with van der Waals surface area (Å²) in [5, 5.41) is 0. The Morgan fingerprint density at radius 2 is 0.400 bits per heavy atom. The van der Waals surface area contributed by atoms with Gasteiger partial charge in [-0.05, 0) is 0 Å². The van der Waals surface area contributed by atoms with Crippen LogP contribution in [0.2, 0.25) is 23.6 Å². The Bertz CT molecular complexity index is 155. The van der Waals surface area contributed by atoms with Gasteiger partial charge >= 0.3 is 146 Å². The van der Waals surface area contributed by atoms with Crippen molar-refractivity contribution in [1.29, 1.82) is 0 Å². The molecule has 0 aromatic heterocycles. The fraction of sp³-hybridized carbons (Fsp3) is 1.00. The van der Waals surface area contributed by atoms with Crippen LogP contribution >= 0.6 is 0 Å². The molecular weight excluding hydrogens is 454 g/mol. The second-order valence-electron chi connectivity index (χ2n) is 7.93. The Morgan fingerprint density at radius 3 is 0.400 bits per heavy atom. The van der Waals surface area contributed by atoms with E-state index in [0.29, 0.717) is 0 Å². The second-order valence-corrected chi connectivity index (χ2v) is 33.4. The molecule has 0 rings (SSSR count). The zero-order valence-electron chi connectivity index (χ0n) is 16.5. The van der Waals surface area contributed by atoms with Gasteiger partial charge < -0.3 is 0 Å². The first kappa shape index (κ1) is 23.9. The van der Waals surface area contributed by atoms with Crippen molar-refractivity contribution in [2.75, 3.05) is 0 Å². The molecule has 2 heteroatoms. The molecule has 0 nitrogen and oxygen atoms in total. The maximum atomic E-state index is 2.41. The first-order valence-corrected chi connectivity index (χ1v) is 18.5. The Morgan fingerprint density at radius 1 is 0.300 bits per heavy atom. The molecule has 122 valence electrons. The van der Waals surface area contributed by atoms with Crippen molar-refractivity contribution in [3.05, 3.63) is 0 Å². The molecule has 0 aromatic rings. The Hall–Kier alpha value is 1.60. The van der Waals surface area contributed by atoms with Crippen molar-refractivity contribution in [3.63, 3.8) is 0 Å². The average Bonchev–Trinajstić information content (AvgIpc) is 2.12. The van der Waals surface area contributed by atoms with Gasteiger partial charge in [0.2, 0.25) is 0 Å². The normalized spacial score (nSPS) is 12.6. The van der Waals surface area contributed by atoms with E-state index in [4.69, 9.17) is 0 Å². The van der Waals surface area contributed by atoms with Crippen molar-refractivity contribution in [3.8, 4) is 0 Å². The minimum absolute atomic E-state index is 1.01. The van der Waals surface area contributed by atoms with Gasteiger partial charge in [-0.3, -0.25) is 0 Å². The Kier molecular flexibility index (Phi) is 14.4. The second kappa shape index (κ2) is 12.1. The topological polar surface area (TPSA) is 0 Å². The molecule has 0 spiro atoms. The summed E-state index contributed by atoms with van der Waals surface area (Å²) in [4.78, 5) is 0. The predicted molar refractivity (Wildman–Crippen MR) is 102 cm³/mol. The van der Waals surface area contributed by atoms with Crippen LogP contribution in [0.5, 0.6) is 0 Å². The molecule has 0 aliphatic heterocycles. The van der Waals surface area contributed by atoms with Crippen molar-refractivity contribution in [2.45, 2.75) is 107 Å². The van der Waals surface area contributed by atoms with Crippen molar-refractivity contribution < 1.29 is 0 Å². The van der Waals surface area contributed by atoms with Gasteiger partial charge in [0.05, 0.1) is 0 Å². The van der Waals surface area contributed by atoms with Crippen LogP contribution in [0.4, 0.5) is 0 Å². The van der Waals surface area contributed by atoms with Crippen LogP contribution in [0.3, 0.4) is 0 Å². The van der Waals surface area contributed by atoms with Crippen LogP contribution in [0.15, 0.2) is 0 Å². The van der Waals surface area contributed by atoms with E-state index in [0.717, 1.165) is 23.6 Å². The molecule has 0 saturated carbocycles. The van der Waals surface area contributed by atoms with E-state index in [1.54, 1.807) is 0 Å². The SMILES string of the molecule is C[CH](C)[Sn]([CH](C)C)[CH](C)C.C[CH](C)[Sn]([CH](C)C)[CH](C)C. The van der Waals surface area contributed by atoms with Crippen LogP contribution < -0.4 is 0 Å². The summed E-state index contributed by atoms with van der Waals surface area (Å²) in [6.45, 7) is 28.9. The quantitative estimate of drug-likeness (QED) is 0.336. The van der Waals surface area contributed by atoms with E-state index >= 15 is 0 Å². The number of hydrogen-bond donors (Lipinski definition) is 0. The van der Waals surface area contributed by atoms with Gasteiger partial charge in [-0.25, -0.2) is 0 Å². The summed E-state index contributed by atoms with van der Waals surface area (Å²) in [7, 11) is 0.